The van der Waals surface area contributed by atoms with Gasteiger partial charge in [-0.05, 0) is 61.4 Å². The zero-order valence-corrected chi connectivity index (χ0v) is 19.7. The summed E-state index contributed by atoms with van der Waals surface area (Å²) < 4.78 is 6.08. The lowest BCUT2D eigenvalue weighted by molar-refractivity contribution is -0.123. The van der Waals surface area contributed by atoms with Gasteiger partial charge in [0, 0.05) is 16.1 Å². The van der Waals surface area contributed by atoms with E-state index < -0.39 is 6.04 Å². The van der Waals surface area contributed by atoms with Gasteiger partial charge in [-0.25, -0.2) is 4.90 Å². The summed E-state index contributed by atoms with van der Waals surface area (Å²) in [5, 5.41) is 0. The molecule has 1 aliphatic heterocycles. The minimum Gasteiger partial charge on any atom is -0.497 e. The molecule has 0 N–H and O–H groups in total. The van der Waals surface area contributed by atoms with Crippen LogP contribution < -0.4 is 9.64 Å². The second-order valence-electron chi connectivity index (χ2n) is 8.35. The number of benzene rings is 2. The lowest BCUT2D eigenvalue weighted by Crippen LogP contribution is -2.50. The number of ether oxygens (including phenoxy) is 1. The number of hydrogen-bond donors (Lipinski definition) is 0. The van der Waals surface area contributed by atoms with E-state index in [1.807, 2.05) is 0 Å². The van der Waals surface area contributed by atoms with Crippen molar-refractivity contribution in [2.75, 3.05) is 12.0 Å². The third kappa shape index (κ3) is 4.58. The Labute approximate surface area is 196 Å². The van der Waals surface area contributed by atoms with Crippen LogP contribution in [-0.2, 0) is 9.59 Å². The Kier molecular flexibility index (Phi) is 6.94. The van der Waals surface area contributed by atoms with Gasteiger partial charge in [-0.3, -0.25) is 14.4 Å². The Bertz CT molecular complexity index is 982. The quantitative estimate of drug-likeness (QED) is 0.431. The van der Waals surface area contributed by atoms with Crippen LogP contribution in [0.3, 0.4) is 0 Å². The maximum atomic E-state index is 13.7. The average molecular weight is 499 g/mol. The maximum Gasteiger partial charge on any atom is 0.257 e. The average Bonchev–Trinajstić information content (AvgIpc) is 2.97. The minimum absolute atomic E-state index is 0.00723. The Hall–Kier alpha value is -2.67. The Morgan fingerprint density at radius 3 is 2.19 bits per heavy atom. The molecule has 2 aromatic carbocycles. The lowest BCUT2D eigenvalue weighted by Gasteiger charge is -2.35. The number of carbonyl (C=O) groups is 3. The highest BCUT2D eigenvalue weighted by Crippen LogP contribution is 2.32. The number of carbonyl (C=O) groups excluding carboxylic acids is 3. The van der Waals surface area contributed by atoms with Crippen LogP contribution in [0, 0.1) is 0 Å². The molecule has 1 heterocycles. The van der Waals surface area contributed by atoms with E-state index in [-0.39, 0.29) is 30.2 Å². The van der Waals surface area contributed by atoms with Gasteiger partial charge in [0.2, 0.25) is 5.91 Å². The highest BCUT2D eigenvalue weighted by Gasteiger charge is 2.46. The monoisotopic (exact) mass is 498 g/mol. The number of rotatable bonds is 5. The predicted molar refractivity (Wildman–Crippen MR) is 126 cm³/mol. The zero-order valence-electron chi connectivity index (χ0n) is 18.1. The molecule has 0 spiro atoms. The fraction of sp³-hybridized carbons (Fsp3) is 0.400. The van der Waals surface area contributed by atoms with Gasteiger partial charge in [-0.1, -0.05) is 41.6 Å². The molecule has 2 aliphatic rings. The molecule has 7 heteroatoms. The molecule has 4 rings (SSSR count). The van der Waals surface area contributed by atoms with Crippen molar-refractivity contribution in [3.8, 4) is 5.75 Å². The topological polar surface area (TPSA) is 66.9 Å². The Balaban J connectivity index is 1.67. The molecule has 1 saturated carbocycles. The Morgan fingerprint density at radius 1 is 0.969 bits per heavy atom. The molecule has 1 atom stereocenters. The van der Waals surface area contributed by atoms with Gasteiger partial charge in [0.1, 0.15) is 11.8 Å². The van der Waals surface area contributed by atoms with Crippen LogP contribution in [0.4, 0.5) is 5.69 Å². The molecule has 6 nitrogen and oxygen atoms in total. The summed E-state index contributed by atoms with van der Waals surface area (Å²) in [7, 11) is 1.58. The van der Waals surface area contributed by atoms with E-state index in [1.165, 1.54) is 4.90 Å². The molecule has 168 valence electrons. The summed E-state index contributed by atoms with van der Waals surface area (Å²) in [6, 6.07) is 13.2. The smallest absolute Gasteiger partial charge is 0.257 e. The highest BCUT2D eigenvalue weighted by atomic mass is 79.9. The first-order valence-corrected chi connectivity index (χ1v) is 11.9. The summed E-state index contributed by atoms with van der Waals surface area (Å²) >= 11 is 3.38. The van der Waals surface area contributed by atoms with Crippen molar-refractivity contribution >= 4 is 39.3 Å². The number of imide groups is 1. The van der Waals surface area contributed by atoms with Crippen molar-refractivity contribution in [1.82, 2.24) is 4.90 Å². The largest absolute Gasteiger partial charge is 0.497 e. The van der Waals surface area contributed by atoms with Crippen LogP contribution in [-0.4, -0.2) is 41.8 Å². The van der Waals surface area contributed by atoms with Crippen LogP contribution in [0.2, 0.25) is 0 Å². The Morgan fingerprint density at radius 2 is 1.59 bits per heavy atom. The van der Waals surface area contributed by atoms with Gasteiger partial charge >= 0.3 is 0 Å². The third-order valence-corrected chi connectivity index (χ3v) is 6.86. The summed E-state index contributed by atoms with van der Waals surface area (Å²) in [5.41, 5.74) is 1.03. The molecule has 32 heavy (non-hydrogen) atoms. The van der Waals surface area contributed by atoms with Crippen LogP contribution in [0.1, 0.15) is 55.3 Å². The SMILES string of the molecule is COc1ccc(C(=O)N(C2CCCCCC2)C2CC(=O)N(c3ccc(Br)cc3)C2=O)cc1. The molecular formula is C25H27BrN2O4. The highest BCUT2D eigenvalue weighted by molar-refractivity contribution is 9.10. The second kappa shape index (κ2) is 9.86. The number of amides is 3. The predicted octanol–water partition coefficient (Wildman–Crippen LogP) is 4.95. The van der Waals surface area contributed by atoms with E-state index in [9.17, 15) is 14.4 Å². The lowest BCUT2D eigenvalue weighted by atomic mass is 10.0. The number of anilines is 1. The van der Waals surface area contributed by atoms with Crippen molar-refractivity contribution in [3.05, 3.63) is 58.6 Å². The molecule has 0 aromatic heterocycles. The standard InChI is InChI=1S/C25H27BrN2O4/c1-32-21-14-8-17(9-15-21)24(30)27(19-6-4-2-3-5-7-19)22-16-23(29)28(25(22)31)20-12-10-18(26)11-13-20/h8-15,19,22H,2-7,16H2,1H3. The molecule has 1 aliphatic carbocycles. The first-order valence-electron chi connectivity index (χ1n) is 11.1. The van der Waals surface area contributed by atoms with Gasteiger partial charge in [0.15, 0.2) is 0 Å². The number of halogens is 1. The van der Waals surface area contributed by atoms with Crippen molar-refractivity contribution in [3.63, 3.8) is 0 Å². The zero-order chi connectivity index (χ0) is 22.7. The van der Waals surface area contributed by atoms with Crippen molar-refractivity contribution < 1.29 is 19.1 Å². The van der Waals surface area contributed by atoms with Crippen LogP contribution in [0.5, 0.6) is 5.75 Å². The van der Waals surface area contributed by atoms with Crippen molar-refractivity contribution in [2.45, 2.75) is 57.0 Å². The molecule has 2 aromatic rings. The third-order valence-electron chi connectivity index (χ3n) is 6.33. The first-order chi connectivity index (χ1) is 15.5. The minimum atomic E-state index is -0.788. The van der Waals surface area contributed by atoms with E-state index in [0.29, 0.717) is 17.0 Å². The fourth-order valence-electron chi connectivity index (χ4n) is 4.68. The van der Waals surface area contributed by atoms with Gasteiger partial charge in [-0.15, -0.1) is 0 Å². The molecular weight excluding hydrogens is 472 g/mol. The number of methoxy groups -OCH3 is 1. The summed E-state index contributed by atoms with van der Waals surface area (Å²) in [4.78, 5) is 43.0. The van der Waals surface area contributed by atoms with Crippen LogP contribution in [0.15, 0.2) is 53.0 Å². The summed E-state index contributed by atoms with van der Waals surface area (Å²) in [6.45, 7) is 0. The summed E-state index contributed by atoms with van der Waals surface area (Å²) in [5.74, 6) is -0.147. The molecule has 2 fully saturated rings. The van der Waals surface area contributed by atoms with Crippen LogP contribution >= 0.6 is 15.9 Å². The summed E-state index contributed by atoms with van der Waals surface area (Å²) in [6.07, 6.45) is 5.99. The number of nitrogens with zero attached hydrogens (tertiary/aromatic N) is 2. The van der Waals surface area contributed by atoms with E-state index >= 15 is 0 Å². The van der Waals surface area contributed by atoms with Crippen molar-refractivity contribution in [1.29, 1.82) is 0 Å². The molecule has 1 unspecified atom stereocenters. The van der Waals surface area contributed by atoms with Gasteiger partial charge in [-0.2, -0.15) is 0 Å². The second-order valence-corrected chi connectivity index (χ2v) is 9.27. The van der Waals surface area contributed by atoms with Crippen molar-refractivity contribution in [2.24, 2.45) is 0 Å². The normalized spacial score (nSPS) is 19.7. The van der Waals surface area contributed by atoms with E-state index in [2.05, 4.69) is 15.9 Å². The fourth-order valence-corrected chi connectivity index (χ4v) is 4.94. The molecule has 3 amide bonds. The van der Waals surface area contributed by atoms with E-state index in [1.54, 1.807) is 60.5 Å². The van der Waals surface area contributed by atoms with Gasteiger partial charge in [0.05, 0.1) is 19.2 Å². The van der Waals surface area contributed by atoms with Crippen LogP contribution in [0.25, 0.3) is 0 Å². The van der Waals surface area contributed by atoms with E-state index in [0.717, 1.165) is 43.0 Å². The van der Waals surface area contributed by atoms with E-state index in [4.69, 9.17) is 4.74 Å². The van der Waals surface area contributed by atoms with Gasteiger partial charge in [0.25, 0.3) is 11.8 Å². The number of hydrogen-bond acceptors (Lipinski definition) is 4. The molecule has 1 saturated heterocycles. The first kappa shape index (κ1) is 22.5. The molecule has 0 bridgehead atoms. The van der Waals surface area contributed by atoms with Gasteiger partial charge < -0.3 is 9.64 Å². The molecule has 0 radical (unpaired) electrons. The maximum absolute atomic E-state index is 13.7.